The number of esters is 2. The monoisotopic (exact) mass is 637 g/mol. The number of hydrogen-bond donors (Lipinski definition) is 4. The minimum absolute atomic E-state index is 0.000940. The van der Waals surface area contributed by atoms with Crippen LogP contribution in [0.3, 0.4) is 0 Å². The van der Waals surface area contributed by atoms with E-state index in [1.165, 1.54) is 48.5 Å². The maximum atomic E-state index is 13.2. The number of nitrogens with one attached hydrogen (secondary N) is 3. The molecule has 3 amide bonds. The van der Waals surface area contributed by atoms with Gasteiger partial charge in [-0.05, 0) is 81.4 Å². The van der Waals surface area contributed by atoms with Crippen molar-refractivity contribution in [2.75, 3.05) is 5.32 Å². The number of carboxylic acids is 1. The summed E-state index contributed by atoms with van der Waals surface area (Å²) >= 11 is 0. The minimum Gasteiger partial charge on any atom is -0.478 e. The van der Waals surface area contributed by atoms with Crippen molar-refractivity contribution in [2.24, 2.45) is 0 Å². The van der Waals surface area contributed by atoms with E-state index in [1.807, 2.05) is 18.4 Å². The third-order valence-corrected chi connectivity index (χ3v) is 6.80. The Morgan fingerprint density at radius 1 is 0.553 bits per heavy atom. The Morgan fingerprint density at radius 2 is 1.06 bits per heavy atom. The number of ether oxygens (including phenoxy) is 2. The number of benzene rings is 4. The van der Waals surface area contributed by atoms with Gasteiger partial charge >= 0.3 is 17.9 Å². The molecule has 0 radical (unpaired) electrons. The molecule has 2 atom stereocenters. The first-order valence-corrected chi connectivity index (χ1v) is 14.3. The van der Waals surface area contributed by atoms with Crippen molar-refractivity contribution < 1.29 is 43.3 Å². The van der Waals surface area contributed by atoms with E-state index in [4.69, 9.17) is 9.47 Å². The molecule has 0 spiro atoms. The molecule has 0 saturated heterocycles. The van der Waals surface area contributed by atoms with E-state index in [2.05, 4.69) is 10.7 Å². The number of carbonyl (C=O) groups excluding carboxylic acids is 5. The second kappa shape index (κ2) is 15.1. The van der Waals surface area contributed by atoms with Crippen molar-refractivity contribution in [1.29, 1.82) is 0 Å². The lowest BCUT2D eigenvalue weighted by molar-refractivity contribution is -0.159. The molecular formula is C35H31N3O9. The molecule has 0 aliphatic heterocycles. The summed E-state index contributed by atoms with van der Waals surface area (Å²) in [5.41, 5.74) is 7.66. The zero-order valence-corrected chi connectivity index (χ0v) is 25.6. The van der Waals surface area contributed by atoms with Gasteiger partial charge in [-0.1, -0.05) is 53.1 Å². The predicted octanol–water partition coefficient (Wildman–Crippen LogP) is 4.16. The van der Waals surface area contributed by atoms with Crippen LogP contribution in [0.15, 0.2) is 97.1 Å². The fourth-order valence-corrected chi connectivity index (χ4v) is 4.20. The molecule has 0 aliphatic carbocycles. The van der Waals surface area contributed by atoms with E-state index < -0.39 is 41.9 Å². The van der Waals surface area contributed by atoms with Crippen LogP contribution in [0.2, 0.25) is 0 Å². The average Bonchev–Trinajstić information content (AvgIpc) is 3.05. The van der Waals surface area contributed by atoms with Crippen LogP contribution in [-0.4, -0.2) is 52.9 Å². The third kappa shape index (κ3) is 9.11. The standard InChI is InChI=1S/C35H31N3O9/c1-20-7-11-24(12-8-20)34(44)46-28(29(33(42)43)47-35(45)25-13-9-21(2)10-14-25)32(41)38-37-31(40)23-15-17-27(18-16-23)36-30(39)26-6-4-5-22(3)19-26/h4-19,28-29H,1-3H3,(H,36,39)(H,37,40)(H,38,41)(H,42,43)/t28-,29+/m0/s1. The molecule has 0 fully saturated rings. The van der Waals surface area contributed by atoms with Crippen molar-refractivity contribution in [3.63, 3.8) is 0 Å². The van der Waals surface area contributed by atoms with E-state index >= 15 is 0 Å². The van der Waals surface area contributed by atoms with E-state index in [0.29, 0.717) is 11.3 Å². The van der Waals surface area contributed by atoms with Gasteiger partial charge in [0.05, 0.1) is 11.1 Å². The third-order valence-electron chi connectivity index (χ3n) is 6.80. The summed E-state index contributed by atoms with van der Waals surface area (Å²) in [7, 11) is 0. The number of amides is 3. The molecule has 0 aromatic heterocycles. The Morgan fingerprint density at radius 3 is 1.57 bits per heavy atom. The highest BCUT2D eigenvalue weighted by molar-refractivity contribution is 6.05. The van der Waals surface area contributed by atoms with Gasteiger partial charge in [-0.15, -0.1) is 0 Å². The molecule has 0 aliphatic rings. The Bertz CT molecular complexity index is 1800. The van der Waals surface area contributed by atoms with Gasteiger partial charge in [0.15, 0.2) is 0 Å². The normalized spacial score (nSPS) is 11.7. The average molecular weight is 638 g/mol. The fraction of sp³-hybridized carbons (Fsp3) is 0.143. The molecule has 0 bridgehead atoms. The second-order valence-electron chi connectivity index (χ2n) is 10.6. The molecule has 0 heterocycles. The Hall–Kier alpha value is -6.30. The van der Waals surface area contributed by atoms with Gasteiger partial charge in [-0.25, -0.2) is 14.4 Å². The highest BCUT2D eigenvalue weighted by atomic mass is 16.6. The Kier molecular flexibility index (Phi) is 10.8. The summed E-state index contributed by atoms with van der Waals surface area (Å²) in [5.74, 6) is -6.39. The fourth-order valence-electron chi connectivity index (χ4n) is 4.20. The minimum atomic E-state index is -2.29. The number of aliphatic carboxylic acids is 1. The van der Waals surface area contributed by atoms with Crippen molar-refractivity contribution in [3.05, 3.63) is 136 Å². The molecular weight excluding hydrogens is 606 g/mol. The van der Waals surface area contributed by atoms with Crippen molar-refractivity contribution >= 4 is 41.3 Å². The number of hydrogen-bond acceptors (Lipinski definition) is 8. The number of anilines is 1. The quantitative estimate of drug-likeness (QED) is 0.147. The van der Waals surface area contributed by atoms with Crippen LogP contribution in [-0.2, 0) is 19.1 Å². The van der Waals surface area contributed by atoms with E-state index in [-0.39, 0.29) is 22.6 Å². The van der Waals surface area contributed by atoms with Gasteiger partial charge in [-0.2, -0.15) is 0 Å². The number of rotatable bonds is 10. The topological polar surface area (TPSA) is 177 Å². The number of aryl methyl sites for hydroxylation is 3. The highest BCUT2D eigenvalue weighted by Gasteiger charge is 2.41. The number of carbonyl (C=O) groups is 6. The lowest BCUT2D eigenvalue weighted by Crippen LogP contribution is -2.54. The van der Waals surface area contributed by atoms with Crippen LogP contribution in [0.25, 0.3) is 0 Å². The molecule has 240 valence electrons. The SMILES string of the molecule is Cc1ccc(C(=O)O[C@H](C(=O)NNC(=O)c2ccc(NC(=O)c3cccc(C)c3)cc2)[C@@H](OC(=O)c2ccc(C)cc2)C(=O)O)cc1. The molecule has 4 rings (SSSR count). The lowest BCUT2D eigenvalue weighted by atomic mass is 10.1. The first-order chi connectivity index (χ1) is 22.4. The van der Waals surface area contributed by atoms with Gasteiger partial charge in [0.2, 0.25) is 12.2 Å². The second-order valence-corrected chi connectivity index (χ2v) is 10.6. The summed E-state index contributed by atoms with van der Waals surface area (Å²) in [6.07, 6.45) is -4.50. The van der Waals surface area contributed by atoms with Crippen LogP contribution in [0, 0.1) is 20.8 Å². The lowest BCUT2D eigenvalue weighted by Gasteiger charge is -2.23. The van der Waals surface area contributed by atoms with Gasteiger partial charge in [-0.3, -0.25) is 25.2 Å². The van der Waals surface area contributed by atoms with Gasteiger partial charge in [0.25, 0.3) is 17.7 Å². The van der Waals surface area contributed by atoms with Crippen LogP contribution >= 0.6 is 0 Å². The zero-order valence-electron chi connectivity index (χ0n) is 25.6. The first-order valence-electron chi connectivity index (χ1n) is 14.3. The van der Waals surface area contributed by atoms with Gasteiger partial charge in [0.1, 0.15) is 0 Å². The summed E-state index contributed by atoms with van der Waals surface area (Å²) in [5, 5.41) is 12.6. The molecule has 0 saturated carbocycles. The molecule has 47 heavy (non-hydrogen) atoms. The Labute approximate surface area is 269 Å². The molecule has 0 unspecified atom stereocenters. The predicted molar refractivity (Wildman–Crippen MR) is 170 cm³/mol. The van der Waals surface area contributed by atoms with E-state index in [9.17, 15) is 33.9 Å². The Balaban J connectivity index is 1.47. The van der Waals surface area contributed by atoms with Crippen LogP contribution in [0.1, 0.15) is 58.1 Å². The maximum absolute atomic E-state index is 13.2. The van der Waals surface area contributed by atoms with Crippen molar-refractivity contribution in [2.45, 2.75) is 33.0 Å². The summed E-state index contributed by atoms with van der Waals surface area (Å²) in [6, 6.07) is 24.8. The molecule has 4 aromatic carbocycles. The largest absolute Gasteiger partial charge is 0.478 e. The molecule has 4 aromatic rings. The van der Waals surface area contributed by atoms with E-state index in [1.54, 1.807) is 56.3 Å². The summed E-state index contributed by atoms with van der Waals surface area (Å²) in [6.45, 7) is 5.43. The summed E-state index contributed by atoms with van der Waals surface area (Å²) < 4.78 is 10.4. The van der Waals surface area contributed by atoms with Crippen LogP contribution in [0.4, 0.5) is 5.69 Å². The maximum Gasteiger partial charge on any atom is 0.349 e. The zero-order chi connectivity index (χ0) is 34.1. The van der Waals surface area contributed by atoms with Crippen molar-refractivity contribution in [3.8, 4) is 0 Å². The van der Waals surface area contributed by atoms with Crippen molar-refractivity contribution in [1.82, 2.24) is 10.9 Å². The first kappa shape index (κ1) is 33.6. The van der Waals surface area contributed by atoms with Crippen LogP contribution in [0.5, 0.6) is 0 Å². The molecule has 4 N–H and O–H groups in total. The smallest absolute Gasteiger partial charge is 0.349 e. The molecule has 12 nitrogen and oxygen atoms in total. The molecule has 12 heteroatoms. The van der Waals surface area contributed by atoms with Gasteiger partial charge in [0, 0.05) is 16.8 Å². The number of carboxylic acid groups (broad SMARTS) is 1. The highest BCUT2D eigenvalue weighted by Crippen LogP contribution is 2.16. The van der Waals surface area contributed by atoms with E-state index in [0.717, 1.165) is 16.7 Å². The number of hydrazine groups is 1. The van der Waals surface area contributed by atoms with Gasteiger partial charge < -0.3 is 19.9 Å². The summed E-state index contributed by atoms with van der Waals surface area (Å²) in [4.78, 5) is 76.5. The van der Waals surface area contributed by atoms with Crippen LogP contribution < -0.4 is 16.2 Å².